The Kier molecular flexibility index (Phi) is 4.14. The zero-order valence-corrected chi connectivity index (χ0v) is 13.9. The second-order valence-electron chi connectivity index (χ2n) is 7.31. The Bertz CT molecular complexity index is 668. The van der Waals surface area contributed by atoms with E-state index in [0.717, 1.165) is 37.7 Å². The van der Waals surface area contributed by atoms with Crippen molar-refractivity contribution in [3.05, 3.63) is 29.8 Å². The molecule has 25 heavy (non-hydrogen) atoms. The number of oxime groups is 1. The van der Waals surface area contributed by atoms with E-state index >= 15 is 0 Å². The standard InChI is InChI=1S/C18H22F3N3O/c19-18(20,21)14-2-1-3-15(11-14)23-6-8-24(9-7-23)17-13-5-4-12(10-13)16(17)22-25/h1-3,11-13,17,25H,4-10H2/b22-16+/t12-,13+,17-/m0/s1. The van der Waals surface area contributed by atoms with Crippen LogP contribution in [-0.2, 0) is 6.18 Å². The Morgan fingerprint density at radius 1 is 1.08 bits per heavy atom. The van der Waals surface area contributed by atoms with Gasteiger partial charge in [0.1, 0.15) is 0 Å². The molecule has 2 bridgehead atoms. The summed E-state index contributed by atoms with van der Waals surface area (Å²) >= 11 is 0. The van der Waals surface area contributed by atoms with E-state index in [1.807, 2.05) is 4.90 Å². The number of rotatable bonds is 2. The third-order valence-corrected chi connectivity index (χ3v) is 6.00. The van der Waals surface area contributed by atoms with Crippen LogP contribution in [0.2, 0.25) is 0 Å². The van der Waals surface area contributed by atoms with Gasteiger partial charge in [-0.05, 0) is 43.4 Å². The molecule has 1 aliphatic heterocycles. The molecule has 1 aromatic carbocycles. The fraction of sp³-hybridized carbons (Fsp3) is 0.611. The molecule has 4 rings (SSSR count). The average molecular weight is 353 g/mol. The fourth-order valence-electron chi connectivity index (χ4n) is 4.82. The highest BCUT2D eigenvalue weighted by Crippen LogP contribution is 2.45. The van der Waals surface area contributed by atoms with Crippen molar-refractivity contribution in [2.24, 2.45) is 17.0 Å². The third-order valence-electron chi connectivity index (χ3n) is 6.00. The monoisotopic (exact) mass is 353 g/mol. The predicted molar refractivity (Wildman–Crippen MR) is 89.1 cm³/mol. The fourth-order valence-corrected chi connectivity index (χ4v) is 4.82. The van der Waals surface area contributed by atoms with E-state index in [-0.39, 0.29) is 6.04 Å². The molecule has 0 aromatic heterocycles. The molecule has 1 saturated heterocycles. The molecular formula is C18H22F3N3O. The SMILES string of the molecule is O/N=C1\[C@H]2CC[C@H](C2)[C@@H]1N1CCN(c2cccc(C(F)(F)F)c2)CC1. The van der Waals surface area contributed by atoms with E-state index < -0.39 is 11.7 Å². The first-order valence-electron chi connectivity index (χ1n) is 8.85. The van der Waals surface area contributed by atoms with Crippen LogP contribution in [0.1, 0.15) is 24.8 Å². The van der Waals surface area contributed by atoms with Crippen LogP contribution >= 0.6 is 0 Å². The van der Waals surface area contributed by atoms with Gasteiger partial charge in [-0.2, -0.15) is 13.2 Å². The molecule has 1 N–H and O–H groups in total. The molecule has 0 spiro atoms. The zero-order valence-electron chi connectivity index (χ0n) is 13.9. The Balaban J connectivity index is 1.44. The molecule has 0 unspecified atom stereocenters. The molecule has 136 valence electrons. The maximum Gasteiger partial charge on any atom is 0.416 e. The zero-order chi connectivity index (χ0) is 17.6. The molecule has 2 aliphatic carbocycles. The van der Waals surface area contributed by atoms with E-state index in [9.17, 15) is 18.4 Å². The van der Waals surface area contributed by atoms with Crippen LogP contribution in [0, 0.1) is 11.8 Å². The van der Waals surface area contributed by atoms with Crippen LogP contribution in [0.15, 0.2) is 29.4 Å². The Morgan fingerprint density at radius 2 is 1.84 bits per heavy atom. The van der Waals surface area contributed by atoms with E-state index in [4.69, 9.17) is 0 Å². The number of benzene rings is 1. The maximum absolute atomic E-state index is 12.9. The number of nitrogens with zero attached hydrogens (tertiary/aromatic N) is 3. The summed E-state index contributed by atoms with van der Waals surface area (Å²) < 4.78 is 38.7. The summed E-state index contributed by atoms with van der Waals surface area (Å²) in [6, 6.07) is 5.76. The topological polar surface area (TPSA) is 39.1 Å². The quantitative estimate of drug-likeness (QED) is 0.654. The summed E-state index contributed by atoms with van der Waals surface area (Å²) in [5.74, 6) is 0.984. The largest absolute Gasteiger partial charge is 0.416 e. The minimum absolute atomic E-state index is 0.215. The van der Waals surface area contributed by atoms with Gasteiger partial charge in [0.25, 0.3) is 0 Å². The van der Waals surface area contributed by atoms with Crippen LogP contribution < -0.4 is 4.90 Å². The van der Waals surface area contributed by atoms with Gasteiger partial charge in [0.2, 0.25) is 0 Å². The van der Waals surface area contributed by atoms with Gasteiger partial charge in [0.05, 0.1) is 17.3 Å². The molecular weight excluding hydrogens is 331 g/mol. The first-order valence-corrected chi connectivity index (χ1v) is 8.85. The molecule has 3 fully saturated rings. The predicted octanol–water partition coefficient (Wildman–Crippen LogP) is 3.46. The number of hydrogen-bond donors (Lipinski definition) is 1. The van der Waals surface area contributed by atoms with Crippen molar-refractivity contribution in [2.75, 3.05) is 31.1 Å². The van der Waals surface area contributed by atoms with Gasteiger partial charge in [-0.15, -0.1) is 0 Å². The van der Waals surface area contributed by atoms with E-state index in [0.29, 0.717) is 30.6 Å². The average Bonchev–Trinajstić information content (AvgIpc) is 3.22. The van der Waals surface area contributed by atoms with Gasteiger partial charge in [0, 0.05) is 37.8 Å². The van der Waals surface area contributed by atoms with Gasteiger partial charge < -0.3 is 10.1 Å². The highest BCUT2D eigenvalue weighted by atomic mass is 19.4. The Morgan fingerprint density at radius 3 is 2.52 bits per heavy atom. The normalized spacial score (nSPS) is 31.9. The van der Waals surface area contributed by atoms with Crippen molar-refractivity contribution in [1.29, 1.82) is 0 Å². The smallest absolute Gasteiger partial charge is 0.411 e. The molecule has 0 amide bonds. The van der Waals surface area contributed by atoms with Crippen LogP contribution in [0.5, 0.6) is 0 Å². The highest BCUT2D eigenvalue weighted by molar-refractivity contribution is 5.94. The van der Waals surface area contributed by atoms with Crippen LogP contribution in [0.4, 0.5) is 18.9 Å². The lowest BCUT2D eigenvalue weighted by Crippen LogP contribution is -2.54. The van der Waals surface area contributed by atoms with E-state index in [1.54, 1.807) is 6.07 Å². The number of alkyl halides is 3. The molecule has 4 nitrogen and oxygen atoms in total. The third kappa shape index (κ3) is 2.99. The molecule has 7 heteroatoms. The molecule has 3 aliphatic rings. The first kappa shape index (κ1) is 16.7. The van der Waals surface area contributed by atoms with E-state index in [1.165, 1.54) is 18.6 Å². The van der Waals surface area contributed by atoms with Gasteiger partial charge in [-0.1, -0.05) is 11.2 Å². The summed E-state index contributed by atoms with van der Waals surface area (Å²) in [6.45, 7) is 2.94. The molecule has 2 saturated carbocycles. The second kappa shape index (κ2) is 6.20. The van der Waals surface area contributed by atoms with Crippen molar-refractivity contribution in [1.82, 2.24) is 4.90 Å². The molecule has 1 aromatic rings. The molecule has 1 heterocycles. The van der Waals surface area contributed by atoms with Gasteiger partial charge in [0.15, 0.2) is 0 Å². The van der Waals surface area contributed by atoms with Crippen LogP contribution in [0.25, 0.3) is 0 Å². The summed E-state index contributed by atoms with van der Waals surface area (Å²) in [4.78, 5) is 4.36. The van der Waals surface area contributed by atoms with Crippen molar-refractivity contribution in [3.63, 3.8) is 0 Å². The van der Waals surface area contributed by atoms with Gasteiger partial charge >= 0.3 is 6.18 Å². The van der Waals surface area contributed by atoms with Crippen molar-refractivity contribution < 1.29 is 18.4 Å². The van der Waals surface area contributed by atoms with Crippen LogP contribution in [0.3, 0.4) is 0 Å². The lowest BCUT2D eigenvalue weighted by atomic mass is 9.91. The maximum atomic E-state index is 12.9. The Labute approximate surface area is 144 Å². The van der Waals surface area contributed by atoms with Gasteiger partial charge in [-0.3, -0.25) is 4.90 Å². The number of fused-ring (bicyclic) bond motifs is 2. The second-order valence-corrected chi connectivity index (χ2v) is 7.31. The van der Waals surface area contributed by atoms with Crippen molar-refractivity contribution in [2.45, 2.75) is 31.5 Å². The highest BCUT2D eigenvalue weighted by Gasteiger charge is 2.48. The minimum atomic E-state index is -4.31. The summed E-state index contributed by atoms with van der Waals surface area (Å²) in [6.07, 6.45) is -0.905. The first-order chi connectivity index (χ1) is 12.0. The number of piperazine rings is 1. The summed E-state index contributed by atoms with van der Waals surface area (Å²) in [5, 5.41) is 12.9. The summed E-state index contributed by atoms with van der Waals surface area (Å²) in [7, 11) is 0. The summed E-state index contributed by atoms with van der Waals surface area (Å²) in [5.41, 5.74) is 0.942. The minimum Gasteiger partial charge on any atom is -0.411 e. The number of halogens is 3. The van der Waals surface area contributed by atoms with Crippen molar-refractivity contribution >= 4 is 11.4 Å². The number of hydrogen-bond acceptors (Lipinski definition) is 4. The lowest BCUT2D eigenvalue weighted by molar-refractivity contribution is -0.137. The van der Waals surface area contributed by atoms with Crippen LogP contribution in [-0.4, -0.2) is 48.0 Å². The number of anilines is 1. The van der Waals surface area contributed by atoms with E-state index in [2.05, 4.69) is 10.1 Å². The Hall–Kier alpha value is -1.76. The van der Waals surface area contributed by atoms with Crippen molar-refractivity contribution in [3.8, 4) is 0 Å². The lowest BCUT2D eigenvalue weighted by Gasteiger charge is -2.41. The molecule has 3 atom stereocenters. The molecule has 0 radical (unpaired) electrons. The van der Waals surface area contributed by atoms with Gasteiger partial charge in [-0.25, -0.2) is 0 Å².